The van der Waals surface area contributed by atoms with Crippen LogP contribution in [0.25, 0.3) is 0 Å². The Bertz CT molecular complexity index is 322. The van der Waals surface area contributed by atoms with E-state index in [2.05, 4.69) is 18.7 Å². The van der Waals surface area contributed by atoms with Crippen molar-refractivity contribution in [2.75, 3.05) is 0 Å². The first-order chi connectivity index (χ1) is 5.68. The van der Waals surface area contributed by atoms with Crippen LogP contribution in [-0.2, 0) is 37.5 Å². The Balaban J connectivity index is 0.00000144. The van der Waals surface area contributed by atoms with Crippen LogP contribution in [-0.4, -0.2) is 10.9 Å². The normalized spacial score (nSPS) is 16.7. The number of aliphatic hydroxyl groups is 1. The molecule has 0 aliphatic heterocycles. The summed E-state index contributed by atoms with van der Waals surface area (Å²) < 4.78 is 0. The molecule has 0 saturated carbocycles. The molecule has 2 nitrogen and oxygen atoms in total. The van der Waals surface area contributed by atoms with Crippen LogP contribution in [0.15, 0.2) is 35.6 Å². The fourth-order valence-electron chi connectivity index (χ4n) is 0.814. The van der Waals surface area contributed by atoms with Crippen molar-refractivity contribution >= 4 is 5.78 Å². The molecule has 1 radical (unpaired) electrons. The molecule has 0 bridgehead atoms. The molecule has 0 fully saturated rings. The van der Waals surface area contributed by atoms with Gasteiger partial charge < -0.3 is 22.1 Å². The first kappa shape index (κ1) is 12.5. The Kier molecular flexibility index (Phi) is 5.11. The predicted octanol–water partition coefficient (Wildman–Crippen LogP) is 1.67. The van der Waals surface area contributed by atoms with Crippen molar-refractivity contribution in [2.24, 2.45) is 0 Å². The van der Waals surface area contributed by atoms with Crippen molar-refractivity contribution in [3.63, 3.8) is 0 Å². The van der Waals surface area contributed by atoms with E-state index in [1.807, 2.05) is 0 Å². The summed E-state index contributed by atoms with van der Waals surface area (Å²) in [5, 5.41) is 9.00. The van der Waals surface area contributed by atoms with Gasteiger partial charge in [-0.05, 0) is 0 Å². The molecular weight excluding hydrogens is 241 g/mol. The van der Waals surface area contributed by atoms with E-state index in [4.69, 9.17) is 5.11 Å². The molecule has 1 rings (SSSR count). The Morgan fingerprint density at radius 2 is 2.08 bits per heavy atom. The van der Waals surface area contributed by atoms with Gasteiger partial charge >= 0.3 is 0 Å². The summed E-state index contributed by atoms with van der Waals surface area (Å²) in [5.74, 6) is -0.642. The van der Waals surface area contributed by atoms with E-state index in [1.165, 1.54) is 0 Å². The summed E-state index contributed by atoms with van der Waals surface area (Å²) in [6, 6.07) is 0. The smallest absolute Gasteiger partial charge is 0.145 e. The average molecular weight is 249 g/mol. The third kappa shape index (κ3) is 2.49. The maximum Gasteiger partial charge on any atom is 0.145 e. The molecule has 0 amide bonds. The maximum absolute atomic E-state index is 10.7. The van der Waals surface area contributed by atoms with Crippen LogP contribution in [0.5, 0.6) is 0 Å². The fraction of sp³-hybridized carbons (Fsp3) is 0.100. The van der Waals surface area contributed by atoms with Gasteiger partial charge in [0.25, 0.3) is 0 Å². The Labute approximate surface area is 103 Å². The quantitative estimate of drug-likeness (QED) is 0.459. The first-order valence-corrected chi connectivity index (χ1v) is 3.44. The number of hydrogen-bond donors (Lipinski definition) is 1. The summed E-state index contributed by atoms with van der Waals surface area (Å²) >= 11 is 0. The molecule has 0 atom stereocenters. The van der Waals surface area contributed by atoms with Gasteiger partial charge in [0.05, 0.1) is 5.76 Å². The van der Waals surface area contributed by atoms with Crippen LogP contribution in [0.2, 0.25) is 0 Å². The number of carbonyl (C=O) groups is 1. The Morgan fingerprint density at radius 3 is 2.54 bits per heavy atom. The number of allylic oxidation sites excluding steroid dienone is 6. The average Bonchev–Trinajstić information content (AvgIpc) is 2.11. The molecular formula is C10H8O2Y-2. The third-order valence-electron chi connectivity index (χ3n) is 1.51. The molecule has 1 aliphatic carbocycles. The SMILES string of the molecule is C=C1C(=O)C(O)=C1[C-]=CC=[C-]C.[Y]. The van der Waals surface area contributed by atoms with Gasteiger partial charge in [0.1, 0.15) is 5.78 Å². The van der Waals surface area contributed by atoms with Gasteiger partial charge in [-0.2, -0.15) is 0 Å². The van der Waals surface area contributed by atoms with Gasteiger partial charge in [-0.15, -0.1) is 19.1 Å². The minimum atomic E-state index is -0.393. The second-order valence-corrected chi connectivity index (χ2v) is 2.30. The summed E-state index contributed by atoms with van der Waals surface area (Å²) in [6.45, 7) is 5.21. The zero-order valence-corrected chi connectivity index (χ0v) is 10.1. The molecule has 1 aliphatic rings. The van der Waals surface area contributed by atoms with Crippen LogP contribution in [0.1, 0.15) is 6.92 Å². The fourth-order valence-corrected chi connectivity index (χ4v) is 0.814. The van der Waals surface area contributed by atoms with Crippen molar-refractivity contribution in [3.05, 3.63) is 47.8 Å². The van der Waals surface area contributed by atoms with Crippen LogP contribution in [0, 0.1) is 12.2 Å². The zero-order valence-electron chi connectivity index (χ0n) is 7.29. The predicted molar refractivity (Wildman–Crippen MR) is 45.1 cm³/mol. The van der Waals surface area contributed by atoms with Crippen LogP contribution in [0.4, 0.5) is 0 Å². The Morgan fingerprint density at radius 1 is 1.46 bits per heavy atom. The summed E-state index contributed by atoms with van der Waals surface area (Å²) in [6.07, 6.45) is 8.67. The van der Waals surface area contributed by atoms with Crippen molar-refractivity contribution < 1.29 is 42.6 Å². The molecule has 0 aromatic heterocycles. The summed E-state index contributed by atoms with van der Waals surface area (Å²) in [7, 11) is 0. The van der Waals surface area contributed by atoms with E-state index in [0.717, 1.165) is 0 Å². The minimum Gasteiger partial charge on any atom is -0.548 e. The van der Waals surface area contributed by atoms with Gasteiger partial charge in [-0.25, -0.2) is 6.08 Å². The molecule has 0 unspecified atom stereocenters. The number of ketones is 1. The molecule has 65 valence electrons. The molecule has 0 spiro atoms. The van der Waals surface area contributed by atoms with E-state index in [1.54, 1.807) is 19.1 Å². The second-order valence-electron chi connectivity index (χ2n) is 2.30. The van der Waals surface area contributed by atoms with E-state index in [-0.39, 0.29) is 38.5 Å². The van der Waals surface area contributed by atoms with E-state index >= 15 is 0 Å². The zero-order chi connectivity index (χ0) is 9.14. The van der Waals surface area contributed by atoms with Crippen LogP contribution >= 0.6 is 0 Å². The number of hydrogen-bond acceptors (Lipinski definition) is 2. The number of carbonyl (C=O) groups excluding carboxylic acids is 1. The van der Waals surface area contributed by atoms with E-state index in [0.29, 0.717) is 11.1 Å². The number of Topliss-reactive ketones (excluding diaryl/α,β-unsaturated/α-hetero) is 1. The van der Waals surface area contributed by atoms with Crippen LogP contribution in [0.3, 0.4) is 0 Å². The van der Waals surface area contributed by atoms with E-state index in [9.17, 15) is 4.79 Å². The van der Waals surface area contributed by atoms with Gasteiger partial charge in [0, 0.05) is 32.7 Å². The van der Waals surface area contributed by atoms with Crippen molar-refractivity contribution in [1.82, 2.24) is 0 Å². The second kappa shape index (κ2) is 5.30. The first-order valence-electron chi connectivity index (χ1n) is 3.44. The monoisotopic (exact) mass is 249 g/mol. The summed E-state index contributed by atoms with van der Waals surface area (Å²) in [4.78, 5) is 10.7. The molecule has 0 heterocycles. The van der Waals surface area contributed by atoms with Gasteiger partial charge in [0.2, 0.25) is 0 Å². The maximum atomic E-state index is 10.7. The van der Waals surface area contributed by atoms with E-state index < -0.39 is 5.78 Å². The third-order valence-corrected chi connectivity index (χ3v) is 1.51. The van der Waals surface area contributed by atoms with Gasteiger partial charge in [-0.3, -0.25) is 6.08 Å². The minimum absolute atomic E-state index is 0. The number of rotatable bonds is 2. The van der Waals surface area contributed by atoms with Crippen molar-refractivity contribution in [1.29, 1.82) is 0 Å². The Hall–Kier alpha value is -0.466. The summed E-state index contributed by atoms with van der Waals surface area (Å²) in [5.41, 5.74) is 0.708. The van der Waals surface area contributed by atoms with Gasteiger partial charge in [-0.1, -0.05) is 5.57 Å². The number of aliphatic hydroxyl groups excluding tert-OH is 1. The molecule has 3 heteroatoms. The van der Waals surface area contributed by atoms with Crippen molar-refractivity contribution in [2.45, 2.75) is 6.92 Å². The molecule has 0 saturated heterocycles. The topological polar surface area (TPSA) is 37.3 Å². The molecule has 0 aromatic carbocycles. The molecule has 1 N–H and O–H groups in total. The largest absolute Gasteiger partial charge is 0.548 e. The molecule has 13 heavy (non-hydrogen) atoms. The van der Waals surface area contributed by atoms with Gasteiger partial charge in [0.15, 0.2) is 0 Å². The standard InChI is InChI=1S/C10H8O2.Y/c1-3-4-5-6-8-7(2)9(11)10(8)12;/h4-5,12H,2H2,1H3;/q-2;. The molecule has 0 aromatic rings. The van der Waals surface area contributed by atoms with Crippen molar-refractivity contribution in [3.8, 4) is 0 Å². The van der Waals surface area contributed by atoms with Crippen LogP contribution < -0.4 is 0 Å².